The lowest BCUT2D eigenvalue weighted by Gasteiger charge is -2.47. The van der Waals surface area contributed by atoms with Crippen molar-refractivity contribution in [1.29, 1.82) is 0 Å². The zero-order valence-corrected chi connectivity index (χ0v) is 15.4. The average Bonchev–Trinajstić information content (AvgIpc) is 2.79. The van der Waals surface area contributed by atoms with Gasteiger partial charge in [0.1, 0.15) is 0 Å². The minimum Gasteiger partial charge on any atom is -0.188 e. The van der Waals surface area contributed by atoms with Gasteiger partial charge in [-0.15, -0.1) is 0 Å². The summed E-state index contributed by atoms with van der Waals surface area (Å²) < 4.78 is 0. The molecule has 0 aliphatic carbocycles. The van der Waals surface area contributed by atoms with Crippen molar-refractivity contribution in [3.05, 3.63) is 119 Å². The Morgan fingerprint density at radius 1 is 0.414 bits per heavy atom. The smallest absolute Gasteiger partial charge is 0.0786 e. The Kier molecular flexibility index (Phi) is 3.22. The van der Waals surface area contributed by atoms with Gasteiger partial charge in [-0.05, 0) is 46.5 Å². The van der Waals surface area contributed by atoms with Gasteiger partial charge >= 0.3 is 0 Å². The first kappa shape index (κ1) is 16.4. The third kappa shape index (κ3) is 1.89. The highest BCUT2D eigenvalue weighted by atomic mass is 16.5. The van der Waals surface area contributed by atoms with Crippen LogP contribution in [0.25, 0.3) is 0 Å². The number of para-hydroxylation sites is 4. The van der Waals surface area contributed by atoms with Crippen LogP contribution in [0.1, 0.15) is 22.3 Å². The third-order valence-corrected chi connectivity index (χ3v) is 6.11. The van der Waals surface area contributed by atoms with Gasteiger partial charge < -0.3 is 0 Å². The standard InChI is InChI=1S/C25H16N2O2/c28-26-21-13-5-1-9-17(21)25(18-10-2-6-14-22(18)26)19-11-3-7-15-23(19)27(29)24-16-8-4-12-20(24)25/h1-16H. The van der Waals surface area contributed by atoms with Gasteiger partial charge in [-0.25, -0.2) is 0 Å². The molecule has 138 valence electrons. The lowest BCUT2D eigenvalue weighted by atomic mass is 9.60. The Morgan fingerprint density at radius 3 is 0.931 bits per heavy atom. The van der Waals surface area contributed by atoms with E-state index in [1.165, 1.54) is 0 Å². The van der Waals surface area contributed by atoms with Crippen molar-refractivity contribution in [2.45, 2.75) is 5.41 Å². The maximum absolute atomic E-state index is 13.3. The predicted molar refractivity (Wildman–Crippen MR) is 110 cm³/mol. The quantitative estimate of drug-likeness (QED) is 0.397. The van der Waals surface area contributed by atoms with E-state index in [-0.39, 0.29) is 0 Å². The topological polar surface area (TPSA) is 46.3 Å². The van der Waals surface area contributed by atoms with Gasteiger partial charge in [0.2, 0.25) is 0 Å². The fraction of sp³-hybridized carbons (Fsp3) is 0.0400. The van der Waals surface area contributed by atoms with Gasteiger partial charge in [-0.2, -0.15) is 10.1 Å². The number of hydrogen-bond donors (Lipinski definition) is 0. The minimum atomic E-state index is -0.734. The van der Waals surface area contributed by atoms with E-state index in [0.29, 0.717) is 22.7 Å². The van der Waals surface area contributed by atoms with Crippen molar-refractivity contribution in [2.75, 3.05) is 10.1 Å². The van der Waals surface area contributed by atoms with Gasteiger partial charge in [0.05, 0.1) is 28.2 Å². The third-order valence-electron chi connectivity index (χ3n) is 6.11. The minimum absolute atomic E-state index is 0.607. The zero-order valence-electron chi connectivity index (χ0n) is 15.4. The lowest BCUT2D eigenvalue weighted by Crippen LogP contribution is -2.41. The number of anilines is 4. The van der Waals surface area contributed by atoms with Gasteiger partial charge in [-0.1, -0.05) is 83.2 Å². The molecule has 0 aromatic heterocycles. The van der Waals surface area contributed by atoms with Crippen LogP contribution in [0, 0.1) is 0 Å². The second kappa shape index (κ2) is 5.70. The molecule has 4 heteroatoms. The van der Waals surface area contributed by atoms with Gasteiger partial charge in [0.25, 0.3) is 0 Å². The van der Waals surface area contributed by atoms with Crippen LogP contribution < -0.4 is 10.1 Å². The fourth-order valence-electron chi connectivity index (χ4n) is 5.00. The van der Waals surface area contributed by atoms with Crippen molar-refractivity contribution in [3.63, 3.8) is 0 Å². The Balaban J connectivity index is 1.87. The predicted octanol–water partition coefficient (Wildman–Crippen LogP) is 5.66. The van der Waals surface area contributed by atoms with Crippen LogP contribution in [0.3, 0.4) is 0 Å². The molecule has 2 heterocycles. The summed E-state index contributed by atoms with van der Waals surface area (Å²) in [4.78, 5) is 0. The van der Waals surface area contributed by atoms with Crippen LogP contribution in [-0.2, 0) is 15.8 Å². The number of hydrogen-bond acceptors (Lipinski definition) is 2. The Labute approximate surface area is 168 Å². The first-order valence-electron chi connectivity index (χ1n) is 9.57. The summed E-state index contributed by atoms with van der Waals surface area (Å²) in [5.41, 5.74) is 5.25. The average molecular weight is 376 g/mol. The van der Waals surface area contributed by atoms with Crippen LogP contribution in [0.5, 0.6) is 0 Å². The highest BCUT2D eigenvalue weighted by Gasteiger charge is 2.51. The molecule has 4 aromatic rings. The first-order valence-corrected chi connectivity index (χ1v) is 9.57. The molecule has 2 aliphatic rings. The van der Waals surface area contributed by atoms with E-state index < -0.39 is 5.41 Å². The number of nitrogens with zero attached hydrogens (tertiary/aromatic N) is 2. The van der Waals surface area contributed by atoms with Crippen LogP contribution in [0.4, 0.5) is 22.7 Å². The van der Waals surface area contributed by atoms with Crippen molar-refractivity contribution >= 4 is 22.7 Å². The van der Waals surface area contributed by atoms with Crippen LogP contribution in [-0.4, -0.2) is 0 Å². The molecule has 2 aliphatic heterocycles. The molecule has 2 radical (unpaired) electrons. The Hall–Kier alpha value is -3.60. The molecule has 0 saturated carbocycles. The van der Waals surface area contributed by atoms with E-state index in [0.717, 1.165) is 32.4 Å². The molecule has 6 rings (SSSR count). The molecule has 0 unspecified atom stereocenters. The van der Waals surface area contributed by atoms with E-state index in [2.05, 4.69) is 0 Å². The maximum Gasteiger partial charge on any atom is 0.0786 e. The number of benzene rings is 4. The molecule has 0 N–H and O–H groups in total. The Morgan fingerprint density at radius 2 is 0.655 bits per heavy atom. The SMILES string of the molecule is [O]N1c2ccccc2C2(c3ccccc31)c1ccccc1N([O])c1ccccc12. The summed E-state index contributed by atoms with van der Waals surface area (Å²) in [6.45, 7) is 0. The molecule has 4 nitrogen and oxygen atoms in total. The van der Waals surface area contributed by atoms with Crippen molar-refractivity contribution in [3.8, 4) is 0 Å². The molecular weight excluding hydrogens is 360 g/mol. The van der Waals surface area contributed by atoms with Crippen molar-refractivity contribution in [2.24, 2.45) is 0 Å². The molecule has 1 spiro atoms. The molecule has 0 atom stereocenters. The molecule has 4 aromatic carbocycles. The summed E-state index contributed by atoms with van der Waals surface area (Å²) in [7, 11) is 0. The maximum atomic E-state index is 13.3. The van der Waals surface area contributed by atoms with Crippen LogP contribution >= 0.6 is 0 Å². The van der Waals surface area contributed by atoms with Gasteiger partial charge in [0.15, 0.2) is 0 Å². The molecule has 0 bridgehead atoms. The molecule has 29 heavy (non-hydrogen) atoms. The van der Waals surface area contributed by atoms with E-state index in [4.69, 9.17) is 0 Å². The lowest BCUT2D eigenvalue weighted by molar-refractivity contribution is 0.188. The highest BCUT2D eigenvalue weighted by Crippen LogP contribution is 2.61. The van der Waals surface area contributed by atoms with Crippen LogP contribution in [0.15, 0.2) is 97.1 Å². The molecule has 0 saturated heterocycles. The summed E-state index contributed by atoms with van der Waals surface area (Å²) in [5.74, 6) is 0. The second-order valence-electron chi connectivity index (χ2n) is 7.41. The molecule has 0 fully saturated rings. The van der Waals surface area contributed by atoms with Crippen molar-refractivity contribution in [1.82, 2.24) is 0 Å². The number of rotatable bonds is 0. The van der Waals surface area contributed by atoms with Crippen LogP contribution in [0.2, 0.25) is 0 Å². The Bertz CT molecular complexity index is 1070. The van der Waals surface area contributed by atoms with Gasteiger partial charge in [-0.3, -0.25) is 0 Å². The van der Waals surface area contributed by atoms with Crippen molar-refractivity contribution < 1.29 is 10.4 Å². The summed E-state index contributed by atoms with van der Waals surface area (Å²) >= 11 is 0. The summed E-state index contributed by atoms with van der Waals surface area (Å²) in [6.07, 6.45) is 0. The van der Waals surface area contributed by atoms with E-state index >= 15 is 0 Å². The normalized spacial score (nSPS) is 15.4. The van der Waals surface area contributed by atoms with E-state index in [1.54, 1.807) is 0 Å². The highest BCUT2D eigenvalue weighted by molar-refractivity contribution is 5.89. The van der Waals surface area contributed by atoms with E-state index in [1.807, 2.05) is 97.1 Å². The second-order valence-corrected chi connectivity index (χ2v) is 7.41. The summed E-state index contributed by atoms with van der Waals surface area (Å²) in [6, 6.07) is 30.8. The largest absolute Gasteiger partial charge is 0.188 e. The van der Waals surface area contributed by atoms with Gasteiger partial charge in [0, 0.05) is 0 Å². The molecule has 0 amide bonds. The zero-order chi connectivity index (χ0) is 19.6. The molecular formula is C25H16N2O2. The fourth-order valence-corrected chi connectivity index (χ4v) is 5.00. The number of fused-ring (bicyclic) bond motifs is 8. The monoisotopic (exact) mass is 376 g/mol. The summed E-state index contributed by atoms with van der Waals surface area (Å²) in [5, 5.41) is 28.5. The van der Waals surface area contributed by atoms with E-state index in [9.17, 15) is 10.4 Å². The first-order chi connectivity index (χ1) is 14.2.